The van der Waals surface area contributed by atoms with Crippen molar-refractivity contribution in [3.8, 4) is 5.69 Å². The van der Waals surface area contributed by atoms with Crippen molar-refractivity contribution in [3.05, 3.63) is 88.2 Å². The molecule has 2 aromatic heterocycles. The molecule has 0 saturated carbocycles. The molecule has 0 unspecified atom stereocenters. The molecule has 0 aliphatic heterocycles. The standard InChI is InChI=1S/C22H20FN5O/c1-13-7-6-8-15-11-18(14(2)26-20-17(23)12-25-22(24)27-20)28(21(29)19(13)15)16-9-4-3-5-10-16/h3-12,14H,1-2H3,(H3,24,25,26,27)/t14-/m0/s1. The Kier molecular flexibility index (Phi) is 4.72. The zero-order chi connectivity index (χ0) is 20.5. The molecule has 4 rings (SSSR count). The van der Waals surface area contributed by atoms with E-state index in [-0.39, 0.29) is 17.3 Å². The first-order chi connectivity index (χ1) is 14.0. The summed E-state index contributed by atoms with van der Waals surface area (Å²) in [6, 6.07) is 16.6. The topological polar surface area (TPSA) is 85.8 Å². The van der Waals surface area contributed by atoms with E-state index < -0.39 is 11.9 Å². The van der Waals surface area contributed by atoms with Gasteiger partial charge in [-0.3, -0.25) is 9.36 Å². The molecule has 29 heavy (non-hydrogen) atoms. The number of nitrogens with two attached hydrogens (primary N) is 1. The quantitative estimate of drug-likeness (QED) is 0.551. The van der Waals surface area contributed by atoms with E-state index >= 15 is 0 Å². The normalized spacial score (nSPS) is 12.1. The van der Waals surface area contributed by atoms with E-state index in [0.29, 0.717) is 11.1 Å². The SMILES string of the molecule is Cc1cccc2cc([C@H](C)Nc3nc(N)ncc3F)n(-c3ccccc3)c(=O)c12. The number of nitrogen functional groups attached to an aromatic ring is 1. The van der Waals surface area contributed by atoms with E-state index in [1.807, 2.05) is 68.4 Å². The Labute approximate surface area is 166 Å². The monoisotopic (exact) mass is 389 g/mol. The van der Waals surface area contributed by atoms with Crippen LogP contribution in [0, 0.1) is 12.7 Å². The Bertz CT molecular complexity index is 1250. The van der Waals surface area contributed by atoms with Crippen LogP contribution in [-0.4, -0.2) is 14.5 Å². The van der Waals surface area contributed by atoms with Crippen molar-refractivity contribution < 1.29 is 4.39 Å². The van der Waals surface area contributed by atoms with Crippen LogP contribution in [0.25, 0.3) is 16.5 Å². The third-order valence-electron chi connectivity index (χ3n) is 4.86. The Hall–Kier alpha value is -3.74. The minimum atomic E-state index is -0.615. The minimum Gasteiger partial charge on any atom is -0.368 e. The molecule has 0 bridgehead atoms. The van der Waals surface area contributed by atoms with E-state index in [1.54, 1.807) is 4.57 Å². The highest BCUT2D eigenvalue weighted by molar-refractivity contribution is 5.85. The molecule has 2 heterocycles. The van der Waals surface area contributed by atoms with Gasteiger partial charge in [0.2, 0.25) is 5.95 Å². The molecular weight excluding hydrogens is 369 g/mol. The molecular formula is C22H20FN5O. The van der Waals surface area contributed by atoms with Gasteiger partial charge in [-0.15, -0.1) is 0 Å². The van der Waals surface area contributed by atoms with E-state index in [0.717, 1.165) is 22.8 Å². The number of fused-ring (bicyclic) bond motifs is 1. The molecule has 0 aliphatic rings. The second-order valence-electron chi connectivity index (χ2n) is 6.88. The average molecular weight is 389 g/mol. The van der Waals surface area contributed by atoms with Crippen LogP contribution in [0.1, 0.15) is 24.2 Å². The number of para-hydroxylation sites is 1. The van der Waals surface area contributed by atoms with Crippen LogP contribution < -0.4 is 16.6 Å². The summed E-state index contributed by atoms with van der Waals surface area (Å²) in [4.78, 5) is 21.0. The van der Waals surface area contributed by atoms with Crippen LogP contribution in [0.3, 0.4) is 0 Å². The first-order valence-corrected chi connectivity index (χ1v) is 9.21. The fourth-order valence-electron chi connectivity index (χ4n) is 3.48. The number of rotatable bonds is 4. The average Bonchev–Trinajstić information content (AvgIpc) is 2.71. The first-order valence-electron chi connectivity index (χ1n) is 9.21. The first kappa shape index (κ1) is 18.6. The fourth-order valence-corrected chi connectivity index (χ4v) is 3.48. The lowest BCUT2D eigenvalue weighted by atomic mass is 10.0. The van der Waals surface area contributed by atoms with Crippen LogP contribution in [-0.2, 0) is 0 Å². The summed E-state index contributed by atoms with van der Waals surface area (Å²) in [5.74, 6) is -0.659. The number of benzene rings is 2. The van der Waals surface area contributed by atoms with Crippen molar-refractivity contribution in [1.29, 1.82) is 0 Å². The Morgan fingerprint density at radius 2 is 1.90 bits per heavy atom. The Morgan fingerprint density at radius 1 is 1.14 bits per heavy atom. The lowest BCUT2D eigenvalue weighted by Crippen LogP contribution is -2.26. The van der Waals surface area contributed by atoms with Crippen molar-refractivity contribution in [3.63, 3.8) is 0 Å². The van der Waals surface area contributed by atoms with Gasteiger partial charge < -0.3 is 11.1 Å². The summed E-state index contributed by atoms with van der Waals surface area (Å²) in [7, 11) is 0. The summed E-state index contributed by atoms with van der Waals surface area (Å²) in [6.07, 6.45) is 1.02. The van der Waals surface area contributed by atoms with Crippen molar-refractivity contribution in [1.82, 2.24) is 14.5 Å². The molecule has 146 valence electrons. The smallest absolute Gasteiger partial charge is 0.263 e. The van der Waals surface area contributed by atoms with Crippen LogP contribution in [0.15, 0.2) is 65.6 Å². The zero-order valence-corrected chi connectivity index (χ0v) is 16.1. The van der Waals surface area contributed by atoms with Crippen molar-refractivity contribution in [2.24, 2.45) is 0 Å². The van der Waals surface area contributed by atoms with E-state index in [1.165, 1.54) is 0 Å². The highest BCUT2D eigenvalue weighted by Gasteiger charge is 2.19. The molecule has 0 spiro atoms. The van der Waals surface area contributed by atoms with Crippen molar-refractivity contribution >= 4 is 22.5 Å². The maximum atomic E-state index is 14.1. The molecule has 7 heteroatoms. The summed E-state index contributed by atoms with van der Waals surface area (Å²) in [5, 5.41) is 4.50. The zero-order valence-electron chi connectivity index (χ0n) is 16.1. The number of anilines is 2. The molecule has 6 nitrogen and oxygen atoms in total. The number of aromatic nitrogens is 3. The predicted molar refractivity (Wildman–Crippen MR) is 113 cm³/mol. The number of nitrogens with one attached hydrogen (secondary N) is 1. The van der Waals surface area contributed by atoms with Crippen LogP contribution in [0.5, 0.6) is 0 Å². The molecule has 2 aromatic carbocycles. The molecule has 0 fully saturated rings. The van der Waals surface area contributed by atoms with Gasteiger partial charge in [0.25, 0.3) is 5.56 Å². The van der Waals surface area contributed by atoms with E-state index in [2.05, 4.69) is 15.3 Å². The molecule has 0 aliphatic carbocycles. The van der Waals surface area contributed by atoms with Crippen molar-refractivity contribution in [2.75, 3.05) is 11.1 Å². The maximum absolute atomic E-state index is 14.1. The van der Waals surface area contributed by atoms with Gasteiger partial charge in [0.15, 0.2) is 11.6 Å². The summed E-state index contributed by atoms with van der Waals surface area (Å²) in [5.41, 5.74) is 7.78. The van der Waals surface area contributed by atoms with Crippen LogP contribution >= 0.6 is 0 Å². The van der Waals surface area contributed by atoms with Crippen LogP contribution in [0.2, 0.25) is 0 Å². The highest BCUT2D eigenvalue weighted by Crippen LogP contribution is 2.25. The van der Waals surface area contributed by atoms with Gasteiger partial charge in [-0.25, -0.2) is 9.37 Å². The Morgan fingerprint density at radius 3 is 2.66 bits per heavy atom. The summed E-state index contributed by atoms with van der Waals surface area (Å²) < 4.78 is 15.8. The molecule has 3 N–H and O–H groups in total. The van der Waals surface area contributed by atoms with Gasteiger partial charge >= 0.3 is 0 Å². The van der Waals surface area contributed by atoms with Gasteiger partial charge in [0.1, 0.15) is 0 Å². The minimum absolute atomic E-state index is 0.0126. The van der Waals surface area contributed by atoms with Gasteiger partial charge in [0, 0.05) is 11.4 Å². The fraction of sp³-hybridized carbons (Fsp3) is 0.136. The molecule has 4 aromatic rings. The van der Waals surface area contributed by atoms with Gasteiger partial charge in [-0.2, -0.15) is 4.98 Å². The number of pyridine rings is 1. The molecule has 0 amide bonds. The van der Waals surface area contributed by atoms with Gasteiger partial charge in [-0.05, 0) is 43.0 Å². The third kappa shape index (κ3) is 3.42. The maximum Gasteiger partial charge on any atom is 0.263 e. The predicted octanol–water partition coefficient (Wildman–Crippen LogP) is 3.98. The van der Waals surface area contributed by atoms with Gasteiger partial charge in [-0.1, -0.05) is 36.4 Å². The van der Waals surface area contributed by atoms with Crippen molar-refractivity contribution in [2.45, 2.75) is 19.9 Å². The number of hydrogen-bond donors (Lipinski definition) is 2. The number of hydrogen-bond acceptors (Lipinski definition) is 5. The van der Waals surface area contributed by atoms with Crippen LogP contribution in [0.4, 0.5) is 16.2 Å². The third-order valence-corrected chi connectivity index (χ3v) is 4.86. The number of halogens is 1. The number of nitrogens with zero attached hydrogens (tertiary/aromatic N) is 3. The second-order valence-corrected chi connectivity index (χ2v) is 6.88. The molecule has 1 atom stereocenters. The second kappa shape index (κ2) is 7.35. The largest absolute Gasteiger partial charge is 0.368 e. The number of aryl methyl sites for hydroxylation is 1. The Balaban J connectivity index is 1.93. The summed E-state index contributed by atoms with van der Waals surface area (Å²) in [6.45, 7) is 3.76. The lowest BCUT2D eigenvalue weighted by Gasteiger charge is -2.22. The molecule has 0 radical (unpaired) electrons. The molecule has 0 saturated heterocycles. The highest BCUT2D eigenvalue weighted by atomic mass is 19.1. The van der Waals surface area contributed by atoms with E-state index in [4.69, 9.17) is 5.73 Å². The van der Waals surface area contributed by atoms with Gasteiger partial charge in [0.05, 0.1) is 17.6 Å². The summed E-state index contributed by atoms with van der Waals surface area (Å²) >= 11 is 0. The lowest BCUT2D eigenvalue weighted by molar-refractivity contribution is 0.613. The van der Waals surface area contributed by atoms with E-state index in [9.17, 15) is 9.18 Å².